The van der Waals surface area contributed by atoms with Crippen molar-refractivity contribution in [3.63, 3.8) is 0 Å². The highest BCUT2D eigenvalue weighted by molar-refractivity contribution is 9.10. The summed E-state index contributed by atoms with van der Waals surface area (Å²) in [6.45, 7) is 5.01. The van der Waals surface area contributed by atoms with Crippen molar-refractivity contribution in [3.8, 4) is 23.0 Å². The van der Waals surface area contributed by atoms with Crippen molar-refractivity contribution in [1.82, 2.24) is 10.1 Å². The third kappa shape index (κ3) is 2.81. The molecule has 0 spiro atoms. The van der Waals surface area contributed by atoms with Gasteiger partial charge in [-0.05, 0) is 53.1 Å². The summed E-state index contributed by atoms with van der Waals surface area (Å²) in [6.07, 6.45) is 0. The first-order valence-corrected chi connectivity index (χ1v) is 6.43. The molecule has 0 aliphatic carbocycles. The molecule has 1 aromatic heterocycles. The molecule has 96 valence electrons. The van der Waals surface area contributed by atoms with Crippen LogP contribution in [0.25, 0.3) is 11.5 Å². The highest BCUT2D eigenvalue weighted by atomic mass is 79.9. The maximum Gasteiger partial charge on any atom is 0.258 e. The van der Waals surface area contributed by atoms with Crippen LogP contribution in [0, 0.1) is 0 Å². The third-order valence-electron chi connectivity index (χ3n) is 2.19. The minimum absolute atomic E-state index is 0.421. The van der Waals surface area contributed by atoms with Crippen LogP contribution in [-0.4, -0.2) is 23.4 Å². The van der Waals surface area contributed by atoms with Crippen LogP contribution < -0.4 is 9.47 Å². The third-order valence-corrected chi connectivity index (χ3v) is 2.51. The monoisotopic (exact) mass is 312 g/mol. The lowest BCUT2D eigenvalue weighted by atomic mass is 10.2. The largest absolute Gasteiger partial charge is 0.490 e. The summed E-state index contributed by atoms with van der Waals surface area (Å²) in [4.78, 5) is 4.10. The lowest BCUT2D eigenvalue weighted by Gasteiger charge is -2.11. The minimum atomic E-state index is 0.421. The molecule has 0 amide bonds. The lowest BCUT2D eigenvalue weighted by molar-refractivity contribution is 0.288. The molecule has 0 unspecified atom stereocenters. The van der Waals surface area contributed by atoms with E-state index in [2.05, 4.69) is 26.1 Å². The van der Waals surface area contributed by atoms with Gasteiger partial charge in [0.1, 0.15) is 0 Å². The Morgan fingerprint density at radius 1 is 1.17 bits per heavy atom. The molecule has 0 saturated carbocycles. The molecular formula is C12H13BrN2O3. The number of hydrogen-bond acceptors (Lipinski definition) is 5. The molecule has 0 N–H and O–H groups in total. The average molecular weight is 313 g/mol. The van der Waals surface area contributed by atoms with E-state index in [1.54, 1.807) is 0 Å². The number of rotatable bonds is 5. The normalized spacial score (nSPS) is 10.4. The standard InChI is InChI=1S/C12H13BrN2O3/c1-3-16-9-6-5-8(7-10(9)17-4-2)11-14-12(13)15-18-11/h5-7H,3-4H2,1-2H3. The second-order valence-electron chi connectivity index (χ2n) is 3.40. The molecule has 0 fully saturated rings. The van der Waals surface area contributed by atoms with Gasteiger partial charge in [-0.25, -0.2) is 0 Å². The van der Waals surface area contributed by atoms with E-state index in [0.29, 0.717) is 35.3 Å². The SMILES string of the molecule is CCOc1ccc(-c2nc(Br)no2)cc1OCC. The van der Waals surface area contributed by atoms with Gasteiger partial charge in [0.2, 0.25) is 4.73 Å². The summed E-state index contributed by atoms with van der Waals surface area (Å²) in [7, 11) is 0. The van der Waals surface area contributed by atoms with E-state index < -0.39 is 0 Å². The molecule has 2 aromatic rings. The zero-order valence-corrected chi connectivity index (χ0v) is 11.7. The maximum atomic E-state index is 5.53. The fourth-order valence-corrected chi connectivity index (χ4v) is 1.74. The topological polar surface area (TPSA) is 57.4 Å². The molecule has 1 heterocycles. The van der Waals surface area contributed by atoms with Crippen LogP contribution in [0.15, 0.2) is 27.5 Å². The molecule has 18 heavy (non-hydrogen) atoms. The summed E-state index contributed by atoms with van der Waals surface area (Å²) in [5.74, 6) is 1.82. The fraction of sp³-hybridized carbons (Fsp3) is 0.333. The molecule has 0 atom stereocenters. The Bertz CT molecular complexity index is 528. The van der Waals surface area contributed by atoms with Gasteiger partial charge in [-0.2, -0.15) is 4.98 Å². The number of ether oxygens (including phenoxy) is 2. The van der Waals surface area contributed by atoms with Gasteiger partial charge >= 0.3 is 0 Å². The summed E-state index contributed by atoms with van der Waals surface area (Å²) in [5, 5.41) is 3.69. The zero-order valence-electron chi connectivity index (χ0n) is 10.1. The van der Waals surface area contributed by atoms with E-state index in [-0.39, 0.29) is 0 Å². The van der Waals surface area contributed by atoms with Gasteiger partial charge in [-0.1, -0.05) is 0 Å². The Labute approximate surface area is 113 Å². The van der Waals surface area contributed by atoms with Crippen LogP contribution in [0.2, 0.25) is 0 Å². The summed E-state index contributed by atoms with van der Waals surface area (Å²) in [6, 6.07) is 5.52. The average Bonchev–Trinajstić information content (AvgIpc) is 2.79. The summed E-state index contributed by atoms with van der Waals surface area (Å²) in [5.41, 5.74) is 0.792. The van der Waals surface area contributed by atoms with Crippen molar-refractivity contribution in [2.45, 2.75) is 13.8 Å². The number of hydrogen-bond donors (Lipinski definition) is 0. The van der Waals surface area contributed by atoms with Crippen LogP contribution in [0.3, 0.4) is 0 Å². The minimum Gasteiger partial charge on any atom is -0.490 e. The Balaban J connectivity index is 2.35. The van der Waals surface area contributed by atoms with Crippen LogP contribution in [0.1, 0.15) is 13.8 Å². The van der Waals surface area contributed by atoms with Gasteiger partial charge in [-0.15, -0.1) is 0 Å². The number of halogens is 1. The van der Waals surface area contributed by atoms with E-state index in [0.717, 1.165) is 5.56 Å². The van der Waals surface area contributed by atoms with Gasteiger partial charge in [0.05, 0.1) is 13.2 Å². The summed E-state index contributed by atoms with van der Waals surface area (Å²) < 4.78 is 16.5. The van der Waals surface area contributed by atoms with Gasteiger partial charge < -0.3 is 14.0 Å². The maximum absolute atomic E-state index is 5.53. The first-order valence-electron chi connectivity index (χ1n) is 5.63. The molecular weight excluding hydrogens is 300 g/mol. The Hall–Kier alpha value is -1.56. The quantitative estimate of drug-likeness (QED) is 0.848. The molecule has 0 radical (unpaired) electrons. The van der Waals surface area contributed by atoms with Crippen molar-refractivity contribution in [3.05, 3.63) is 22.9 Å². The van der Waals surface area contributed by atoms with Crippen LogP contribution in [0.5, 0.6) is 11.5 Å². The van der Waals surface area contributed by atoms with Gasteiger partial charge in [-0.3, -0.25) is 0 Å². The molecule has 2 rings (SSSR count). The van der Waals surface area contributed by atoms with Crippen molar-refractivity contribution in [2.24, 2.45) is 0 Å². The van der Waals surface area contributed by atoms with E-state index in [1.165, 1.54) is 0 Å². The Morgan fingerprint density at radius 3 is 2.50 bits per heavy atom. The zero-order chi connectivity index (χ0) is 13.0. The first-order chi connectivity index (χ1) is 8.74. The Kier molecular flexibility index (Phi) is 4.19. The predicted octanol–water partition coefficient (Wildman–Crippen LogP) is 3.30. The smallest absolute Gasteiger partial charge is 0.258 e. The first kappa shape index (κ1) is 12.9. The number of benzene rings is 1. The second-order valence-corrected chi connectivity index (χ2v) is 4.11. The van der Waals surface area contributed by atoms with E-state index in [1.807, 2.05) is 32.0 Å². The molecule has 0 aliphatic heterocycles. The fourth-order valence-electron chi connectivity index (χ4n) is 1.51. The molecule has 0 bridgehead atoms. The molecule has 1 aromatic carbocycles. The van der Waals surface area contributed by atoms with Crippen molar-refractivity contribution in [2.75, 3.05) is 13.2 Å². The van der Waals surface area contributed by atoms with Crippen LogP contribution >= 0.6 is 15.9 Å². The van der Waals surface area contributed by atoms with E-state index in [4.69, 9.17) is 14.0 Å². The lowest BCUT2D eigenvalue weighted by Crippen LogP contribution is -1.98. The number of nitrogens with zero attached hydrogens (tertiary/aromatic N) is 2. The van der Waals surface area contributed by atoms with Crippen molar-refractivity contribution in [1.29, 1.82) is 0 Å². The highest BCUT2D eigenvalue weighted by Crippen LogP contribution is 2.32. The van der Waals surface area contributed by atoms with Crippen LogP contribution in [-0.2, 0) is 0 Å². The van der Waals surface area contributed by atoms with E-state index >= 15 is 0 Å². The van der Waals surface area contributed by atoms with E-state index in [9.17, 15) is 0 Å². The number of aromatic nitrogens is 2. The van der Waals surface area contributed by atoms with Crippen molar-refractivity contribution >= 4 is 15.9 Å². The van der Waals surface area contributed by atoms with Crippen LogP contribution in [0.4, 0.5) is 0 Å². The molecule has 0 saturated heterocycles. The second kappa shape index (κ2) is 5.86. The Morgan fingerprint density at radius 2 is 1.89 bits per heavy atom. The van der Waals surface area contributed by atoms with Crippen molar-refractivity contribution < 1.29 is 14.0 Å². The summed E-state index contributed by atoms with van der Waals surface area (Å²) >= 11 is 3.15. The highest BCUT2D eigenvalue weighted by Gasteiger charge is 2.11. The molecule has 5 nitrogen and oxygen atoms in total. The van der Waals surface area contributed by atoms with Gasteiger partial charge in [0, 0.05) is 5.56 Å². The molecule has 6 heteroatoms. The van der Waals surface area contributed by atoms with Gasteiger partial charge in [0.25, 0.3) is 5.89 Å². The predicted molar refractivity (Wildman–Crippen MR) is 69.8 cm³/mol. The van der Waals surface area contributed by atoms with Gasteiger partial charge in [0.15, 0.2) is 11.5 Å². The molecule has 0 aliphatic rings.